The molecule has 1 atom stereocenters. The van der Waals surface area contributed by atoms with Crippen LogP contribution in [0.1, 0.15) is 35.2 Å². The molecule has 1 amide bonds. The van der Waals surface area contributed by atoms with Crippen molar-refractivity contribution in [2.45, 2.75) is 37.7 Å². The molecule has 182 valence electrons. The van der Waals surface area contributed by atoms with Crippen molar-refractivity contribution in [3.05, 3.63) is 112 Å². The summed E-state index contributed by atoms with van der Waals surface area (Å²) in [5.41, 5.74) is 6.25. The van der Waals surface area contributed by atoms with E-state index in [4.69, 9.17) is 10.1 Å². The Hall–Kier alpha value is -3.91. The number of halogens is 1. The number of anilines is 2. The number of para-hydroxylation sites is 1. The van der Waals surface area contributed by atoms with Crippen LogP contribution in [0.25, 0.3) is 0 Å². The van der Waals surface area contributed by atoms with Gasteiger partial charge in [0.2, 0.25) is 11.1 Å². The molecule has 36 heavy (non-hydrogen) atoms. The zero-order chi connectivity index (χ0) is 25.2. The average Bonchev–Trinajstić information content (AvgIpc) is 3.27. The van der Waals surface area contributed by atoms with E-state index in [2.05, 4.69) is 42.7 Å². The highest BCUT2D eigenvalue weighted by Gasteiger charge is 2.34. The minimum absolute atomic E-state index is 0.258. The number of aryl methyl sites for hydroxylation is 2. The number of hydrogen-bond donors (Lipinski definition) is 2. The maximum atomic E-state index is 13.8. The van der Waals surface area contributed by atoms with Gasteiger partial charge < -0.3 is 10.6 Å². The second-order valence-corrected chi connectivity index (χ2v) is 9.76. The fraction of sp³-hybridized carbons (Fsp3) is 0.179. The second kappa shape index (κ2) is 9.99. The molecule has 6 nitrogen and oxygen atoms in total. The lowest BCUT2D eigenvalue weighted by molar-refractivity contribution is -0.113. The van der Waals surface area contributed by atoms with Crippen molar-refractivity contribution >= 4 is 29.3 Å². The predicted octanol–water partition coefficient (Wildman–Crippen LogP) is 6.25. The number of carbonyl (C=O) groups excluding carboxylic acids is 1. The van der Waals surface area contributed by atoms with Crippen LogP contribution in [0, 0.1) is 19.7 Å². The molecule has 4 aromatic rings. The summed E-state index contributed by atoms with van der Waals surface area (Å²) in [7, 11) is 0. The molecule has 2 N–H and O–H groups in total. The summed E-state index contributed by atoms with van der Waals surface area (Å²) in [4.78, 5) is 18.2. The molecule has 0 unspecified atom stereocenters. The molecule has 0 fully saturated rings. The topological polar surface area (TPSA) is 71.8 Å². The van der Waals surface area contributed by atoms with Gasteiger partial charge in [0.05, 0.1) is 5.57 Å². The predicted molar refractivity (Wildman–Crippen MR) is 141 cm³/mol. The van der Waals surface area contributed by atoms with Crippen molar-refractivity contribution in [3.63, 3.8) is 0 Å². The molecule has 1 aliphatic heterocycles. The summed E-state index contributed by atoms with van der Waals surface area (Å²) >= 11 is 1.54. The Morgan fingerprint density at radius 2 is 1.81 bits per heavy atom. The number of rotatable bonds is 6. The maximum Gasteiger partial charge on any atom is 0.255 e. The lowest BCUT2D eigenvalue weighted by atomic mass is 9.95. The molecule has 3 aromatic carbocycles. The van der Waals surface area contributed by atoms with E-state index in [1.807, 2.05) is 37.3 Å². The first-order chi connectivity index (χ1) is 17.4. The number of aromatic nitrogens is 3. The third-order valence-corrected chi connectivity index (χ3v) is 7.04. The zero-order valence-corrected chi connectivity index (χ0v) is 21.1. The van der Waals surface area contributed by atoms with Crippen LogP contribution in [-0.2, 0) is 10.5 Å². The maximum absolute atomic E-state index is 13.8. The van der Waals surface area contributed by atoms with Gasteiger partial charge in [-0.1, -0.05) is 65.9 Å². The number of amides is 1. The molecule has 0 radical (unpaired) electrons. The van der Waals surface area contributed by atoms with Gasteiger partial charge in [0.1, 0.15) is 11.9 Å². The van der Waals surface area contributed by atoms with Gasteiger partial charge in [-0.15, -0.1) is 5.10 Å². The monoisotopic (exact) mass is 499 g/mol. The van der Waals surface area contributed by atoms with Crippen molar-refractivity contribution in [2.75, 3.05) is 10.6 Å². The van der Waals surface area contributed by atoms with E-state index < -0.39 is 6.04 Å². The van der Waals surface area contributed by atoms with Crippen LogP contribution in [0.2, 0.25) is 0 Å². The molecule has 0 aliphatic carbocycles. The van der Waals surface area contributed by atoms with Crippen LogP contribution in [0.4, 0.5) is 16.0 Å². The number of carbonyl (C=O) groups is 1. The van der Waals surface area contributed by atoms with Crippen LogP contribution >= 0.6 is 11.8 Å². The number of nitrogens with zero attached hydrogens (tertiary/aromatic N) is 3. The largest absolute Gasteiger partial charge is 0.328 e. The molecular weight excluding hydrogens is 473 g/mol. The minimum Gasteiger partial charge on any atom is -0.328 e. The van der Waals surface area contributed by atoms with Crippen LogP contribution in [-0.4, -0.2) is 20.7 Å². The van der Waals surface area contributed by atoms with Gasteiger partial charge in [-0.05, 0) is 61.7 Å². The highest BCUT2D eigenvalue weighted by molar-refractivity contribution is 7.98. The lowest BCUT2D eigenvalue weighted by Gasteiger charge is -2.28. The van der Waals surface area contributed by atoms with Crippen molar-refractivity contribution in [2.24, 2.45) is 0 Å². The Bertz CT molecular complexity index is 1450. The van der Waals surface area contributed by atoms with Crippen molar-refractivity contribution in [3.8, 4) is 0 Å². The number of fused-ring (bicyclic) bond motifs is 1. The van der Waals surface area contributed by atoms with Gasteiger partial charge in [0.15, 0.2) is 0 Å². The van der Waals surface area contributed by atoms with Crippen molar-refractivity contribution in [1.29, 1.82) is 0 Å². The normalized spacial score (nSPS) is 14.8. The van der Waals surface area contributed by atoms with Crippen molar-refractivity contribution < 1.29 is 9.18 Å². The smallest absolute Gasteiger partial charge is 0.255 e. The molecule has 0 spiro atoms. The molecule has 0 saturated heterocycles. The molecule has 0 saturated carbocycles. The summed E-state index contributed by atoms with van der Waals surface area (Å²) < 4.78 is 15.5. The van der Waals surface area contributed by atoms with Crippen molar-refractivity contribution in [1.82, 2.24) is 14.8 Å². The first-order valence-electron chi connectivity index (χ1n) is 11.6. The lowest BCUT2D eigenvalue weighted by Crippen LogP contribution is -2.31. The van der Waals surface area contributed by atoms with Crippen LogP contribution in [0.5, 0.6) is 0 Å². The number of thioether (sulfide) groups is 1. The van der Waals surface area contributed by atoms with E-state index in [0.29, 0.717) is 28.1 Å². The first-order valence-corrected chi connectivity index (χ1v) is 12.6. The van der Waals surface area contributed by atoms with Gasteiger partial charge in [0.25, 0.3) is 5.91 Å². The van der Waals surface area contributed by atoms with E-state index in [0.717, 1.165) is 11.3 Å². The Morgan fingerprint density at radius 1 is 1.06 bits per heavy atom. The third-order valence-electron chi connectivity index (χ3n) is 6.16. The molecule has 2 heterocycles. The zero-order valence-electron chi connectivity index (χ0n) is 20.2. The number of nitrogens with one attached hydrogen (secondary N) is 2. The van der Waals surface area contributed by atoms with E-state index in [1.54, 1.807) is 28.6 Å². The number of hydrogen-bond acceptors (Lipinski definition) is 5. The second-order valence-electron chi connectivity index (χ2n) is 8.82. The molecule has 1 aliphatic rings. The molecule has 0 bridgehead atoms. The third kappa shape index (κ3) is 4.90. The average molecular weight is 500 g/mol. The van der Waals surface area contributed by atoms with Crippen LogP contribution < -0.4 is 10.6 Å². The highest BCUT2D eigenvalue weighted by atomic mass is 32.2. The fourth-order valence-electron chi connectivity index (χ4n) is 4.26. The van der Waals surface area contributed by atoms with Gasteiger partial charge in [-0.25, -0.2) is 9.07 Å². The quantitative estimate of drug-likeness (QED) is 0.307. The molecule has 1 aromatic heterocycles. The SMILES string of the molecule is CC1=C(C(=O)Nc2ccccc2)[C@@H](c2ccc(F)cc2)n2nc(SCc3cc(C)ccc3C)nc2N1. The van der Waals surface area contributed by atoms with Gasteiger partial charge in [-0.3, -0.25) is 4.79 Å². The van der Waals surface area contributed by atoms with Gasteiger partial charge >= 0.3 is 0 Å². The number of benzene rings is 3. The Labute approximate surface area is 213 Å². The summed E-state index contributed by atoms with van der Waals surface area (Å²) in [5.74, 6) is 0.673. The molecule has 8 heteroatoms. The minimum atomic E-state index is -0.562. The summed E-state index contributed by atoms with van der Waals surface area (Å²) in [6, 6.07) is 21.3. The standard InChI is InChI=1S/C28H26FN5OS/c1-17-9-10-18(2)21(15-17)16-36-28-32-27-30-19(3)24(26(35)31-23-7-5-4-6-8-23)25(34(27)33-28)20-11-13-22(29)14-12-20/h4-15,25H,16H2,1-3H3,(H,31,35)(H,30,32,33)/t25-/m1/s1. The Morgan fingerprint density at radius 3 is 2.56 bits per heavy atom. The van der Waals surface area contributed by atoms with Crippen LogP contribution in [0.3, 0.4) is 0 Å². The summed E-state index contributed by atoms with van der Waals surface area (Å²) in [6.45, 7) is 6.02. The highest BCUT2D eigenvalue weighted by Crippen LogP contribution is 2.37. The first kappa shape index (κ1) is 23.8. The van der Waals surface area contributed by atoms with E-state index in [-0.39, 0.29) is 11.7 Å². The fourth-order valence-corrected chi connectivity index (χ4v) is 5.15. The Balaban J connectivity index is 1.49. The number of allylic oxidation sites excluding steroid dienone is 1. The van der Waals surface area contributed by atoms with E-state index in [9.17, 15) is 9.18 Å². The summed E-state index contributed by atoms with van der Waals surface area (Å²) in [5, 5.41) is 11.6. The molecular formula is C28H26FN5OS. The van der Waals surface area contributed by atoms with Gasteiger partial charge in [0, 0.05) is 17.1 Å². The molecule has 5 rings (SSSR count). The van der Waals surface area contributed by atoms with E-state index >= 15 is 0 Å². The van der Waals surface area contributed by atoms with E-state index in [1.165, 1.54) is 28.8 Å². The van der Waals surface area contributed by atoms with Crippen LogP contribution in [0.15, 0.2) is 89.2 Å². The summed E-state index contributed by atoms with van der Waals surface area (Å²) in [6.07, 6.45) is 0. The van der Waals surface area contributed by atoms with Gasteiger partial charge in [-0.2, -0.15) is 4.98 Å². The Kier molecular flexibility index (Phi) is 6.61.